The minimum absolute atomic E-state index is 0.0212. The molecular formula is C13H27N3OSi. The Kier molecular flexibility index (Phi) is 4.87. The van der Waals surface area contributed by atoms with Crippen molar-refractivity contribution in [2.45, 2.75) is 77.2 Å². The summed E-state index contributed by atoms with van der Waals surface area (Å²) in [6, 6.07) is 0.0212. The summed E-state index contributed by atoms with van der Waals surface area (Å²) in [5.74, 6) is 0.489. The molecule has 0 aromatic carbocycles. The van der Waals surface area contributed by atoms with Gasteiger partial charge in [0.2, 0.25) is 0 Å². The first-order valence-electron chi connectivity index (χ1n) is 6.91. The lowest BCUT2D eigenvalue weighted by Crippen LogP contribution is -2.49. The van der Waals surface area contributed by atoms with Crippen LogP contribution in [0.15, 0.2) is 5.11 Å². The molecule has 0 aromatic rings. The molecule has 1 aliphatic carbocycles. The van der Waals surface area contributed by atoms with Crippen LogP contribution in [0.3, 0.4) is 0 Å². The van der Waals surface area contributed by atoms with E-state index in [1.165, 1.54) is 6.42 Å². The van der Waals surface area contributed by atoms with Crippen LogP contribution in [-0.2, 0) is 4.43 Å². The third kappa shape index (κ3) is 3.50. The van der Waals surface area contributed by atoms with Crippen molar-refractivity contribution in [2.75, 3.05) is 0 Å². The van der Waals surface area contributed by atoms with Gasteiger partial charge in [-0.1, -0.05) is 39.2 Å². The fourth-order valence-corrected chi connectivity index (χ4v) is 3.68. The lowest BCUT2D eigenvalue weighted by Gasteiger charge is -2.44. The Morgan fingerprint density at radius 2 is 1.89 bits per heavy atom. The predicted octanol–water partition coefficient (Wildman–Crippen LogP) is 4.88. The Hall–Kier alpha value is -0.513. The van der Waals surface area contributed by atoms with E-state index in [1.807, 2.05) is 0 Å². The molecule has 0 saturated heterocycles. The highest BCUT2D eigenvalue weighted by Crippen LogP contribution is 2.40. The molecule has 1 rings (SSSR count). The Balaban J connectivity index is 2.86. The quantitative estimate of drug-likeness (QED) is 0.312. The van der Waals surface area contributed by atoms with Crippen molar-refractivity contribution in [3.8, 4) is 0 Å². The molecular weight excluding hydrogens is 242 g/mol. The van der Waals surface area contributed by atoms with Gasteiger partial charge in [-0.3, -0.25) is 0 Å². The highest BCUT2D eigenvalue weighted by Gasteiger charge is 2.42. The summed E-state index contributed by atoms with van der Waals surface area (Å²) in [5, 5.41) is 4.16. The van der Waals surface area contributed by atoms with E-state index in [9.17, 15) is 0 Å². The Bertz CT molecular complexity index is 332. The van der Waals surface area contributed by atoms with Gasteiger partial charge >= 0.3 is 0 Å². The molecule has 0 bridgehead atoms. The van der Waals surface area contributed by atoms with Gasteiger partial charge in [-0.25, -0.2) is 0 Å². The number of hydrogen-bond donors (Lipinski definition) is 0. The van der Waals surface area contributed by atoms with Crippen molar-refractivity contribution in [2.24, 2.45) is 11.0 Å². The number of hydrogen-bond acceptors (Lipinski definition) is 2. The van der Waals surface area contributed by atoms with Crippen molar-refractivity contribution >= 4 is 8.32 Å². The fourth-order valence-electron chi connectivity index (χ4n) is 2.26. The van der Waals surface area contributed by atoms with Gasteiger partial charge in [0.1, 0.15) is 0 Å². The van der Waals surface area contributed by atoms with E-state index in [4.69, 9.17) is 9.96 Å². The zero-order valence-electron chi connectivity index (χ0n) is 12.6. The van der Waals surface area contributed by atoms with Gasteiger partial charge in [0.25, 0.3) is 0 Å². The van der Waals surface area contributed by atoms with Gasteiger partial charge in [-0.2, -0.15) is 0 Å². The normalized spacial score (nSPS) is 29.8. The van der Waals surface area contributed by atoms with Crippen molar-refractivity contribution in [3.63, 3.8) is 0 Å². The molecule has 1 aliphatic rings. The molecule has 104 valence electrons. The van der Waals surface area contributed by atoms with Gasteiger partial charge in [0, 0.05) is 4.91 Å². The lowest BCUT2D eigenvalue weighted by atomic mass is 9.85. The van der Waals surface area contributed by atoms with E-state index in [1.54, 1.807) is 0 Å². The molecule has 0 radical (unpaired) electrons. The third-order valence-corrected chi connectivity index (χ3v) is 9.01. The van der Waals surface area contributed by atoms with E-state index in [2.05, 4.69) is 50.8 Å². The van der Waals surface area contributed by atoms with Crippen LogP contribution in [0.1, 0.15) is 47.0 Å². The molecule has 5 heteroatoms. The first-order valence-corrected chi connectivity index (χ1v) is 9.82. The average Bonchev–Trinajstić information content (AvgIpc) is 2.22. The van der Waals surface area contributed by atoms with Crippen LogP contribution in [0.5, 0.6) is 0 Å². The molecule has 1 saturated carbocycles. The summed E-state index contributed by atoms with van der Waals surface area (Å²) in [6.07, 6.45) is 3.39. The first-order chi connectivity index (χ1) is 8.19. The molecule has 0 aromatic heterocycles. The Labute approximate surface area is 112 Å². The van der Waals surface area contributed by atoms with E-state index in [0.717, 1.165) is 12.8 Å². The summed E-state index contributed by atoms with van der Waals surface area (Å²) in [6.45, 7) is 13.5. The van der Waals surface area contributed by atoms with Gasteiger partial charge in [-0.15, -0.1) is 0 Å². The minimum Gasteiger partial charge on any atom is -0.413 e. The maximum atomic E-state index is 8.69. The molecule has 18 heavy (non-hydrogen) atoms. The smallest absolute Gasteiger partial charge is 0.192 e. The molecule has 0 heterocycles. The molecule has 0 spiro atoms. The van der Waals surface area contributed by atoms with Crippen LogP contribution in [0, 0.1) is 5.92 Å². The van der Waals surface area contributed by atoms with Crippen LogP contribution in [0.25, 0.3) is 10.4 Å². The van der Waals surface area contributed by atoms with Crippen LogP contribution in [-0.4, -0.2) is 20.5 Å². The van der Waals surface area contributed by atoms with Crippen molar-refractivity contribution in [3.05, 3.63) is 10.4 Å². The Morgan fingerprint density at radius 3 is 2.39 bits per heavy atom. The molecule has 0 aliphatic heterocycles. The summed E-state index contributed by atoms with van der Waals surface area (Å²) in [7, 11) is -1.79. The average molecular weight is 269 g/mol. The second kappa shape index (κ2) is 5.64. The lowest BCUT2D eigenvalue weighted by molar-refractivity contribution is 0.0696. The van der Waals surface area contributed by atoms with Crippen LogP contribution >= 0.6 is 0 Å². The van der Waals surface area contributed by atoms with E-state index in [0.29, 0.717) is 5.92 Å². The summed E-state index contributed by atoms with van der Waals surface area (Å²) in [4.78, 5) is 3.00. The van der Waals surface area contributed by atoms with Gasteiger partial charge < -0.3 is 4.43 Å². The zero-order valence-corrected chi connectivity index (χ0v) is 13.6. The zero-order chi connectivity index (χ0) is 14.0. The van der Waals surface area contributed by atoms with E-state index >= 15 is 0 Å². The number of nitrogens with zero attached hydrogens (tertiary/aromatic N) is 3. The van der Waals surface area contributed by atoms with Crippen molar-refractivity contribution in [1.29, 1.82) is 0 Å². The Morgan fingerprint density at radius 1 is 1.28 bits per heavy atom. The summed E-state index contributed by atoms with van der Waals surface area (Å²) < 4.78 is 6.49. The molecule has 4 nitrogen and oxygen atoms in total. The molecule has 0 N–H and O–H groups in total. The minimum atomic E-state index is -1.79. The van der Waals surface area contributed by atoms with E-state index in [-0.39, 0.29) is 17.2 Å². The maximum Gasteiger partial charge on any atom is 0.192 e. The highest BCUT2D eigenvalue weighted by molar-refractivity contribution is 6.74. The second-order valence-corrected chi connectivity index (χ2v) is 11.8. The van der Waals surface area contributed by atoms with Crippen LogP contribution in [0.4, 0.5) is 0 Å². The fraction of sp³-hybridized carbons (Fsp3) is 1.00. The molecule has 3 atom stereocenters. The number of rotatable bonds is 3. The van der Waals surface area contributed by atoms with Gasteiger partial charge in [0.15, 0.2) is 8.32 Å². The molecule has 0 amide bonds. The SMILES string of the molecule is CC1CCCC(N=[N+]=[N-])C1O[Si](C)(C)C(C)(C)C. The van der Waals surface area contributed by atoms with Gasteiger partial charge in [0.05, 0.1) is 12.1 Å². The standard InChI is InChI=1S/C13H27N3OSi/c1-10-8-7-9-11(15-16-14)12(10)17-18(5,6)13(2,3)4/h10-12H,7-9H2,1-6H3. The topological polar surface area (TPSA) is 58.0 Å². The van der Waals surface area contributed by atoms with Crippen LogP contribution < -0.4 is 0 Å². The maximum absolute atomic E-state index is 8.69. The summed E-state index contributed by atoms with van der Waals surface area (Å²) in [5.41, 5.74) is 8.69. The molecule has 3 unspecified atom stereocenters. The highest BCUT2D eigenvalue weighted by atomic mass is 28.4. The predicted molar refractivity (Wildman–Crippen MR) is 78.0 cm³/mol. The number of azide groups is 1. The molecule has 1 fully saturated rings. The van der Waals surface area contributed by atoms with Crippen molar-refractivity contribution < 1.29 is 4.43 Å². The van der Waals surface area contributed by atoms with Crippen LogP contribution in [0.2, 0.25) is 18.1 Å². The van der Waals surface area contributed by atoms with E-state index < -0.39 is 8.32 Å². The third-order valence-electron chi connectivity index (χ3n) is 4.54. The van der Waals surface area contributed by atoms with Gasteiger partial charge in [-0.05, 0) is 42.4 Å². The second-order valence-electron chi connectivity index (χ2n) is 7.02. The largest absolute Gasteiger partial charge is 0.413 e. The first kappa shape index (κ1) is 15.5. The monoisotopic (exact) mass is 269 g/mol. The summed E-state index contributed by atoms with van der Waals surface area (Å²) >= 11 is 0. The van der Waals surface area contributed by atoms with Crippen molar-refractivity contribution in [1.82, 2.24) is 0 Å².